The summed E-state index contributed by atoms with van der Waals surface area (Å²) in [5, 5.41) is 11.3. The Morgan fingerprint density at radius 2 is 1.94 bits per heavy atom. The Kier molecular flexibility index (Phi) is 4.94. The van der Waals surface area contributed by atoms with E-state index in [2.05, 4.69) is 5.32 Å². The van der Waals surface area contributed by atoms with Crippen molar-refractivity contribution in [3.8, 4) is 0 Å². The maximum absolute atomic E-state index is 10.6. The van der Waals surface area contributed by atoms with Crippen molar-refractivity contribution < 1.29 is 14.7 Å². The molecule has 1 aromatic rings. The van der Waals surface area contributed by atoms with E-state index in [1.807, 2.05) is 24.3 Å². The highest BCUT2D eigenvalue weighted by molar-refractivity contribution is 5.73. The van der Waals surface area contributed by atoms with Crippen molar-refractivity contribution in [3.63, 3.8) is 0 Å². The van der Waals surface area contributed by atoms with Crippen LogP contribution in [0.4, 0.5) is 0 Å². The van der Waals surface area contributed by atoms with Gasteiger partial charge in [0.1, 0.15) is 0 Å². The molecule has 0 aliphatic rings. The first-order valence-corrected chi connectivity index (χ1v) is 5.29. The number of hydrogen-bond donors (Lipinski definition) is 2. The molecule has 1 amide bonds. The number of carboxylic acid groups (broad SMARTS) is 1. The quantitative estimate of drug-likeness (QED) is 0.809. The van der Waals surface area contributed by atoms with Gasteiger partial charge in [0, 0.05) is 13.5 Å². The molecule has 0 unspecified atom stereocenters. The van der Waals surface area contributed by atoms with Crippen molar-refractivity contribution in [2.45, 2.75) is 13.3 Å². The summed E-state index contributed by atoms with van der Waals surface area (Å²) in [5.74, 6) is -0.898. The van der Waals surface area contributed by atoms with E-state index in [1.54, 1.807) is 12.1 Å². The molecule has 17 heavy (non-hydrogen) atoms. The average Bonchev–Trinajstić information content (AvgIpc) is 2.25. The molecule has 0 atom stereocenters. The van der Waals surface area contributed by atoms with Gasteiger partial charge in [0.15, 0.2) is 0 Å². The summed E-state index contributed by atoms with van der Waals surface area (Å²) in [7, 11) is 0. The minimum Gasteiger partial charge on any atom is -0.481 e. The van der Waals surface area contributed by atoms with Crippen LogP contribution in [0.5, 0.6) is 0 Å². The van der Waals surface area contributed by atoms with Crippen molar-refractivity contribution in [1.29, 1.82) is 0 Å². The summed E-state index contributed by atoms with van der Waals surface area (Å²) in [4.78, 5) is 21.1. The maximum atomic E-state index is 10.6. The van der Waals surface area contributed by atoms with Crippen LogP contribution in [-0.2, 0) is 16.0 Å². The third kappa shape index (κ3) is 5.51. The van der Waals surface area contributed by atoms with Crippen LogP contribution in [-0.4, -0.2) is 23.5 Å². The summed E-state index contributed by atoms with van der Waals surface area (Å²) >= 11 is 0. The van der Waals surface area contributed by atoms with E-state index in [1.165, 1.54) is 6.92 Å². The van der Waals surface area contributed by atoms with Crippen molar-refractivity contribution >= 4 is 18.0 Å². The number of carbonyl (C=O) groups excluding carboxylic acids is 1. The van der Waals surface area contributed by atoms with Gasteiger partial charge in [-0.1, -0.05) is 36.4 Å². The average molecular weight is 233 g/mol. The number of carboxylic acids is 1. The van der Waals surface area contributed by atoms with Crippen LogP contribution in [0, 0.1) is 0 Å². The molecule has 0 radical (unpaired) electrons. The van der Waals surface area contributed by atoms with Gasteiger partial charge in [-0.15, -0.1) is 0 Å². The Balaban J connectivity index is 2.50. The highest BCUT2D eigenvalue weighted by Gasteiger charge is 1.98. The SMILES string of the molecule is CC(=O)NCC=Cc1ccc(CC(=O)O)cc1. The fourth-order valence-electron chi connectivity index (χ4n) is 1.32. The van der Waals surface area contributed by atoms with Crippen LogP contribution < -0.4 is 5.32 Å². The van der Waals surface area contributed by atoms with E-state index in [4.69, 9.17) is 5.11 Å². The Morgan fingerprint density at radius 1 is 1.29 bits per heavy atom. The first-order valence-electron chi connectivity index (χ1n) is 5.29. The molecule has 0 saturated heterocycles. The van der Waals surface area contributed by atoms with Gasteiger partial charge in [-0.05, 0) is 11.1 Å². The summed E-state index contributed by atoms with van der Waals surface area (Å²) in [5.41, 5.74) is 1.75. The van der Waals surface area contributed by atoms with E-state index in [9.17, 15) is 9.59 Å². The lowest BCUT2D eigenvalue weighted by Gasteiger charge is -1.98. The molecule has 0 aliphatic carbocycles. The fourth-order valence-corrected chi connectivity index (χ4v) is 1.32. The van der Waals surface area contributed by atoms with Crippen molar-refractivity contribution in [2.75, 3.05) is 6.54 Å². The van der Waals surface area contributed by atoms with Crippen LogP contribution in [0.25, 0.3) is 6.08 Å². The molecule has 0 fully saturated rings. The molecule has 0 aromatic heterocycles. The zero-order valence-electron chi connectivity index (χ0n) is 9.64. The Morgan fingerprint density at radius 3 is 2.47 bits per heavy atom. The molecule has 0 aliphatic heterocycles. The van der Waals surface area contributed by atoms with E-state index in [0.29, 0.717) is 6.54 Å². The first-order chi connectivity index (χ1) is 8.08. The van der Waals surface area contributed by atoms with Gasteiger partial charge in [0.25, 0.3) is 0 Å². The van der Waals surface area contributed by atoms with Gasteiger partial charge < -0.3 is 10.4 Å². The smallest absolute Gasteiger partial charge is 0.307 e. The Bertz CT molecular complexity index is 421. The number of hydrogen-bond acceptors (Lipinski definition) is 2. The third-order valence-corrected chi connectivity index (χ3v) is 2.11. The largest absolute Gasteiger partial charge is 0.481 e. The summed E-state index contributed by atoms with van der Waals surface area (Å²) in [6.45, 7) is 1.96. The number of amides is 1. The number of benzene rings is 1. The van der Waals surface area contributed by atoms with Gasteiger partial charge in [-0.3, -0.25) is 9.59 Å². The Labute approximate surface area is 100.0 Å². The van der Waals surface area contributed by atoms with E-state index in [0.717, 1.165) is 11.1 Å². The minimum absolute atomic E-state index is 0.0376. The number of carbonyl (C=O) groups is 2. The molecule has 1 aromatic carbocycles. The lowest BCUT2D eigenvalue weighted by Crippen LogP contribution is -2.19. The van der Waals surface area contributed by atoms with Crippen molar-refractivity contribution in [1.82, 2.24) is 5.32 Å². The van der Waals surface area contributed by atoms with Crippen molar-refractivity contribution in [2.24, 2.45) is 0 Å². The topological polar surface area (TPSA) is 66.4 Å². The lowest BCUT2D eigenvalue weighted by molar-refractivity contribution is -0.136. The molecule has 0 heterocycles. The highest BCUT2D eigenvalue weighted by Crippen LogP contribution is 2.06. The highest BCUT2D eigenvalue weighted by atomic mass is 16.4. The fraction of sp³-hybridized carbons (Fsp3) is 0.231. The zero-order chi connectivity index (χ0) is 12.7. The number of aliphatic carboxylic acids is 1. The molecule has 0 saturated carbocycles. The second-order valence-corrected chi connectivity index (χ2v) is 3.65. The molecule has 4 nitrogen and oxygen atoms in total. The van der Waals surface area contributed by atoms with Crippen LogP contribution >= 0.6 is 0 Å². The predicted octanol–water partition coefficient (Wildman–Crippen LogP) is 1.46. The second kappa shape index (κ2) is 6.48. The van der Waals surface area contributed by atoms with E-state index in [-0.39, 0.29) is 12.3 Å². The molecular formula is C13H15NO3. The van der Waals surface area contributed by atoms with E-state index >= 15 is 0 Å². The third-order valence-electron chi connectivity index (χ3n) is 2.11. The van der Waals surface area contributed by atoms with Crippen LogP contribution in [0.2, 0.25) is 0 Å². The standard InChI is InChI=1S/C13H15NO3/c1-10(15)14-8-2-3-11-4-6-12(7-5-11)9-13(16)17/h2-7H,8-9H2,1H3,(H,14,15)(H,16,17). The second-order valence-electron chi connectivity index (χ2n) is 3.65. The summed E-state index contributed by atoms with van der Waals surface area (Å²) in [6.07, 6.45) is 3.75. The minimum atomic E-state index is -0.834. The zero-order valence-corrected chi connectivity index (χ0v) is 9.64. The summed E-state index contributed by atoms with van der Waals surface area (Å²) < 4.78 is 0. The normalized spacial score (nSPS) is 10.4. The van der Waals surface area contributed by atoms with Gasteiger partial charge >= 0.3 is 5.97 Å². The monoisotopic (exact) mass is 233 g/mol. The Hall–Kier alpha value is -2.10. The van der Waals surface area contributed by atoms with Gasteiger partial charge in [0.2, 0.25) is 5.91 Å². The maximum Gasteiger partial charge on any atom is 0.307 e. The van der Waals surface area contributed by atoms with E-state index < -0.39 is 5.97 Å². The summed E-state index contributed by atoms with van der Waals surface area (Å²) in [6, 6.07) is 7.27. The van der Waals surface area contributed by atoms with Gasteiger partial charge in [-0.25, -0.2) is 0 Å². The molecule has 4 heteroatoms. The predicted molar refractivity (Wildman–Crippen MR) is 65.5 cm³/mol. The molecule has 2 N–H and O–H groups in total. The van der Waals surface area contributed by atoms with Crippen LogP contribution in [0.3, 0.4) is 0 Å². The number of nitrogens with one attached hydrogen (secondary N) is 1. The molecular weight excluding hydrogens is 218 g/mol. The lowest BCUT2D eigenvalue weighted by atomic mass is 10.1. The number of rotatable bonds is 5. The van der Waals surface area contributed by atoms with Crippen molar-refractivity contribution in [3.05, 3.63) is 41.5 Å². The van der Waals surface area contributed by atoms with Crippen LogP contribution in [0.15, 0.2) is 30.3 Å². The molecule has 90 valence electrons. The molecule has 0 bridgehead atoms. The molecule has 1 rings (SSSR count). The first kappa shape index (κ1) is 13.0. The van der Waals surface area contributed by atoms with Gasteiger partial charge in [-0.2, -0.15) is 0 Å². The molecule has 0 spiro atoms. The van der Waals surface area contributed by atoms with Crippen LogP contribution in [0.1, 0.15) is 18.1 Å². The van der Waals surface area contributed by atoms with Gasteiger partial charge in [0.05, 0.1) is 6.42 Å².